The van der Waals surface area contributed by atoms with Crippen LogP contribution in [0.3, 0.4) is 0 Å². The first kappa shape index (κ1) is 13.0. The summed E-state index contributed by atoms with van der Waals surface area (Å²) in [7, 11) is 0. The Morgan fingerprint density at radius 1 is 1.20 bits per heavy atom. The first-order valence-corrected chi connectivity index (χ1v) is 6.99. The molecular formula is C13H11FN4OS. The molecule has 0 amide bonds. The van der Waals surface area contributed by atoms with Crippen LogP contribution in [0.2, 0.25) is 0 Å². The van der Waals surface area contributed by atoms with E-state index in [2.05, 4.69) is 15.5 Å². The highest BCUT2D eigenvalue weighted by Gasteiger charge is 2.15. The molecule has 0 saturated heterocycles. The van der Waals surface area contributed by atoms with Crippen molar-refractivity contribution in [2.45, 2.75) is 24.4 Å². The molecule has 0 bridgehead atoms. The van der Waals surface area contributed by atoms with Crippen molar-refractivity contribution in [3.05, 3.63) is 41.1 Å². The van der Waals surface area contributed by atoms with Crippen molar-refractivity contribution in [2.75, 3.05) is 0 Å². The van der Waals surface area contributed by atoms with Gasteiger partial charge in [0.25, 0.3) is 0 Å². The summed E-state index contributed by atoms with van der Waals surface area (Å²) in [6, 6.07) is 5.93. The molecule has 102 valence electrons. The van der Waals surface area contributed by atoms with E-state index in [-0.39, 0.29) is 11.6 Å². The molecule has 0 atom stereocenters. The number of aromatic nitrogens is 4. The molecule has 1 aliphatic rings. The summed E-state index contributed by atoms with van der Waals surface area (Å²) in [5.41, 5.74) is 0.682. The number of tetrazole rings is 1. The van der Waals surface area contributed by atoms with E-state index in [0.29, 0.717) is 17.3 Å². The molecule has 0 radical (unpaired) electrons. The van der Waals surface area contributed by atoms with Crippen molar-refractivity contribution in [3.63, 3.8) is 0 Å². The minimum Gasteiger partial charge on any atom is -0.295 e. The Balaban J connectivity index is 1.87. The lowest BCUT2D eigenvalue weighted by atomic mass is 10.1. The third kappa shape index (κ3) is 2.77. The van der Waals surface area contributed by atoms with Crippen LogP contribution in [-0.2, 0) is 4.79 Å². The lowest BCUT2D eigenvalue weighted by molar-refractivity contribution is -0.115. The minimum atomic E-state index is -0.309. The van der Waals surface area contributed by atoms with Crippen molar-refractivity contribution in [2.24, 2.45) is 0 Å². The van der Waals surface area contributed by atoms with E-state index in [0.717, 1.165) is 17.7 Å². The summed E-state index contributed by atoms with van der Waals surface area (Å²) < 4.78 is 14.5. The van der Waals surface area contributed by atoms with Gasteiger partial charge in [0.15, 0.2) is 5.78 Å². The van der Waals surface area contributed by atoms with Gasteiger partial charge < -0.3 is 0 Å². The third-order valence-corrected chi connectivity index (χ3v) is 3.92. The number of hydrogen-bond acceptors (Lipinski definition) is 5. The van der Waals surface area contributed by atoms with Gasteiger partial charge in [-0.15, -0.1) is 5.10 Å². The van der Waals surface area contributed by atoms with Crippen LogP contribution < -0.4 is 0 Å². The van der Waals surface area contributed by atoms with E-state index in [1.54, 1.807) is 18.2 Å². The highest BCUT2D eigenvalue weighted by molar-refractivity contribution is 8.03. The first-order valence-electron chi connectivity index (χ1n) is 6.18. The van der Waals surface area contributed by atoms with Crippen molar-refractivity contribution >= 4 is 17.5 Å². The number of halogens is 1. The van der Waals surface area contributed by atoms with Gasteiger partial charge in [0.2, 0.25) is 5.16 Å². The average Bonchev–Trinajstić information content (AvgIpc) is 2.88. The summed E-state index contributed by atoms with van der Waals surface area (Å²) in [4.78, 5) is 12.4. The molecular weight excluding hydrogens is 279 g/mol. The van der Waals surface area contributed by atoms with Crippen LogP contribution in [0.25, 0.3) is 5.69 Å². The molecule has 1 aliphatic carbocycles. The quantitative estimate of drug-likeness (QED) is 0.869. The molecule has 1 heterocycles. The largest absolute Gasteiger partial charge is 0.295 e. The lowest BCUT2D eigenvalue weighted by Crippen LogP contribution is -2.03. The second-order valence-corrected chi connectivity index (χ2v) is 5.48. The van der Waals surface area contributed by atoms with Crippen molar-refractivity contribution < 1.29 is 9.18 Å². The van der Waals surface area contributed by atoms with Crippen LogP contribution in [0, 0.1) is 5.82 Å². The molecule has 0 aliphatic heterocycles. The number of hydrogen-bond donors (Lipinski definition) is 0. The Kier molecular flexibility index (Phi) is 3.60. The maximum Gasteiger partial charge on any atom is 0.218 e. The van der Waals surface area contributed by atoms with Gasteiger partial charge in [-0.3, -0.25) is 4.79 Å². The maximum absolute atomic E-state index is 12.9. The number of nitrogens with zero attached hydrogens (tertiary/aromatic N) is 4. The molecule has 5 nitrogen and oxygen atoms in total. The Labute approximate surface area is 118 Å². The third-order valence-electron chi connectivity index (χ3n) is 2.90. The van der Waals surface area contributed by atoms with Crippen molar-refractivity contribution in [1.82, 2.24) is 20.2 Å². The molecule has 0 spiro atoms. The fourth-order valence-corrected chi connectivity index (χ4v) is 2.92. The predicted octanol–water partition coefficient (Wildman–Crippen LogP) is 2.53. The molecule has 7 heteroatoms. The van der Waals surface area contributed by atoms with Crippen LogP contribution in [0.1, 0.15) is 19.3 Å². The van der Waals surface area contributed by atoms with Gasteiger partial charge in [0.1, 0.15) is 5.82 Å². The van der Waals surface area contributed by atoms with Crippen LogP contribution in [0.4, 0.5) is 4.39 Å². The normalized spacial score (nSPS) is 15.2. The Hall–Kier alpha value is -2.02. The summed E-state index contributed by atoms with van der Waals surface area (Å²) in [5.74, 6) is -0.170. The molecule has 0 fully saturated rings. The van der Waals surface area contributed by atoms with E-state index in [1.165, 1.54) is 28.6 Å². The molecule has 1 aromatic heterocycles. The topological polar surface area (TPSA) is 60.7 Å². The van der Waals surface area contributed by atoms with E-state index in [4.69, 9.17) is 0 Å². The van der Waals surface area contributed by atoms with Crippen molar-refractivity contribution in [1.29, 1.82) is 0 Å². The number of ketones is 1. The van der Waals surface area contributed by atoms with Gasteiger partial charge in [0, 0.05) is 6.42 Å². The van der Waals surface area contributed by atoms with Gasteiger partial charge >= 0.3 is 0 Å². The number of rotatable bonds is 3. The summed E-state index contributed by atoms with van der Waals surface area (Å²) in [6.45, 7) is 0. The van der Waals surface area contributed by atoms with Crippen LogP contribution in [-0.4, -0.2) is 26.0 Å². The van der Waals surface area contributed by atoms with Crippen LogP contribution >= 0.6 is 11.8 Å². The molecule has 3 rings (SSSR count). The Morgan fingerprint density at radius 2 is 2.00 bits per heavy atom. The van der Waals surface area contributed by atoms with Gasteiger partial charge in [-0.1, -0.05) is 11.8 Å². The molecule has 0 N–H and O–H groups in total. The van der Waals surface area contributed by atoms with E-state index >= 15 is 0 Å². The number of benzene rings is 1. The number of allylic oxidation sites excluding steroid dienone is 2. The van der Waals surface area contributed by atoms with E-state index < -0.39 is 0 Å². The van der Waals surface area contributed by atoms with Gasteiger partial charge in [-0.25, -0.2) is 4.39 Å². The standard InChI is InChI=1S/C13H11FN4OS/c14-9-4-6-10(7-5-9)18-13(15-16-17-18)20-12-3-1-2-11(19)8-12/h4-8H,1-3H2. The second kappa shape index (κ2) is 5.54. The van der Waals surface area contributed by atoms with Gasteiger partial charge in [-0.2, -0.15) is 4.68 Å². The van der Waals surface area contributed by atoms with Gasteiger partial charge in [-0.05, 0) is 58.5 Å². The second-order valence-electron chi connectivity index (χ2n) is 4.38. The predicted molar refractivity (Wildman–Crippen MR) is 71.9 cm³/mol. The Morgan fingerprint density at radius 3 is 2.75 bits per heavy atom. The molecule has 1 aromatic carbocycles. The van der Waals surface area contributed by atoms with Crippen LogP contribution in [0.15, 0.2) is 40.4 Å². The number of thioether (sulfide) groups is 1. The highest BCUT2D eigenvalue weighted by Crippen LogP contribution is 2.31. The number of carbonyl (C=O) groups is 1. The first-order chi connectivity index (χ1) is 9.72. The fraction of sp³-hybridized carbons (Fsp3) is 0.231. The molecule has 20 heavy (non-hydrogen) atoms. The summed E-state index contributed by atoms with van der Waals surface area (Å²) >= 11 is 1.37. The average molecular weight is 290 g/mol. The zero-order valence-corrected chi connectivity index (χ0v) is 11.3. The number of carbonyl (C=O) groups excluding carboxylic acids is 1. The zero-order valence-electron chi connectivity index (χ0n) is 10.5. The fourth-order valence-electron chi connectivity index (χ4n) is 1.95. The smallest absolute Gasteiger partial charge is 0.218 e. The monoisotopic (exact) mass is 290 g/mol. The van der Waals surface area contributed by atoms with E-state index in [1.807, 2.05) is 0 Å². The van der Waals surface area contributed by atoms with Gasteiger partial charge in [0.05, 0.1) is 5.69 Å². The molecule has 2 aromatic rings. The zero-order chi connectivity index (χ0) is 13.9. The van der Waals surface area contributed by atoms with E-state index in [9.17, 15) is 9.18 Å². The summed E-state index contributed by atoms with van der Waals surface area (Å²) in [5, 5.41) is 12.1. The molecule has 0 saturated carbocycles. The molecule has 0 unspecified atom stereocenters. The SMILES string of the molecule is O=C1C=C(Sc2nnnn2-c2ccc(F)cc2)CCC1. The highest BCUT2D eigenvalue weighted by atomic mass is 32.2. The lowest BCUT2D eigenvalue weighted by Gasteiger charge is -2.10. The summed E-state index contributed by atoms with van der Waals surface area (Å²) in [6.07, 6.45) is 3.97. The maximum atomic E-state index is 12.9. The Bertz CT molecular complexity index is 665. The van der Waals surface area contributed by atoms with Crippen molar-refractivity contribution in [3.8, 4) is 5.69 Å². The minimum absolute atomic E-state index is 0.138. The van der Waals surface area contributed by atoms with Crippen LogP contribution in [0.5, 0.6) is 0 Å².